The molecule has 0 unspecified atom stereocenters. The summed E-state index contributed by atoms with van der Waals surface area (Å²) in [7, 11) is 1.42. The fourth-order valence-electron chi connectivity index (χ4n) is 2.45. The average molecular weight is 262 g/mol. The van der Waals surface area contributed by atoms with Gasteiger partial charge in [0.05, 0.1) is 7.11 Å². The largest absolute Gasteiger partial charge is 0.468 e. The van der Waals surface area contributed by atoms with Crippen LogP contribution in [0.5, 0.6) is 0 Å². The van der Waals surface area contributed by atoms with E-state index in [1.807, 2.05) is 13.0 Å². The Hall–Kier alpha value is -1.55. The van der Waals surface area contributed by atoms with Crippen molar-refractivity contribution in [1.29, 1.82) is 0 Å². The van der Waals surface area contributed by atoms with E-state index in [9.17, 15) is 4.79 Å². The molecule has 0 amide bonds. The van der Waals surface area contributed by atoms with Gasteiger partial charge in [0.2, 0.25) is 0 Å². The number of rotatable bonds is 5. The number of hydrogen-bond donors (Lipinski definition) is 1. The van der Waals surface area contributed by atoms with E-state index >= 15 is 0 Å². The van der Waals surface area contributed by atoms with Gasteiger partial charge in [-0.1, -0.05) is 18.2 Å². The normalized spacial score (nSPS) is 16.4. The molecule has 1 N–H and O–H groups in total. The van der Waals surface area contributed by atoms with Crippen molar-refractivity contribution in [3.8, 4) is 0 Å². The Labute approximate surface area is 114 Å². The van der Waals surface area contributed by atoms with Crippen LogP contribution in [0.3, 0.4) is 0 Å². The SMILES string of the molecule is COC(=O)[C@H](C)NCc1ccccc1N1CCCC1. The molecule has 0 spiro atoms. The number of hydrogen-bond acceptors (Lipinski definition) is 4. The van der Waals surface area contributed by atoms with Crippen molar-refractivity contribution in [3.63, 3.8) is 0 Å². The van der Waals surface area contributed by atoms with Gasteiger partial charge in [-0.15, -0.1) is 0 Å². The molecule has 1 aromatic carbocycles. The molecule has 0 aliphatic carbocycles. The van der Waals surface area contributed by atoms with Crippen molar-refractivity contribution < 1.29 is 9.53 Å². The molecule has 1 saturated heterocycles. The second kappa shape index (κ2) is 6.57. The van der Waals surface area contributed by atoms with Crippen LogP contribution in [-0.2, 0) is 16.1 Å². The van der Waals surface area contributed by atoms with Crippen molar-refractivity contribution in [2.24, 2.45) is 0 Å². The Morgan fingerprint density at radius 1 is 1.37 bits per heavy atom. The fraction of sp³-hybridized carbons (Fsp3) is 0.533. The summed E-state index contributed by atoms with van der Waals surface area (Å²) in [4.78, 5) is 13.8. The molecule has 2 rings (SSSR count). The highest BCUT2D eigenvalue weighted by Gasteiger charge is 2.17. The van der Waals surface area contributed by atoms with Crippen LogP contribution in [0.2, 0.25) is 0 Å². The van der Waals surface area contributed by atoms with E-state index < -0.39 is 0 Å². The number of nitrogens with zero attached hydrogens (tertiary/aromatic N) is 1. The zero-order chi connectivity index (χ0) is 13.7. The van der Waals surface area contributed by atoms with E-state index in [2.05, 4.69) is 28.4 Å². The van der Waals surface area contributed by atoms with Gasteiger partial charge in [-0.05, 0) is 31.4 Å². The first-order chi connectivity index (χ1) is 9.22. The van der Waals surface area contributed by atoms with E-state index in [4.69, 9.17) is 4.74 Å². The Bertz CT molecular complexity index is 428. The molecule has 0 radical (unpaired) electrons. The zero-order valence-corrected chi connectivity index (χ0v) is 11.7. The molecule has 1 heterocycles. The number of carbonyl (C=O) groups excluding carboxylic acids is 1. The maximum Gasteiger partial charge on any atom is 0.322 e. The second-order valence-electron chi connectivity index (χ2n) is 4.95. The fourth-order valence-corrected chi connectivity index (χ4v) is 2.45. The van der Waals surface area contributed by atoms with Gasteiger partial charge >= 0.3 is 5.97 Å². The third kappa shape index (κ3) is 3.47. The maximum atomic E-state index is 11.4. The molecule has 1 aliphatic rings. The van der Waals surface area contributed by atoms with Crippen molar-refractivity contribution in [2.75, 3.05) is 25.1 Å². The number of methoxy groups -OCH3 is 1. The molecular weight excluding hydrogens is 240 g/mol. The smallest absolute Gasteiger partial charge is 0.322 e. The zero-order valence-electron chi connectivity index (χ0n) is 11.7. The van der Waals surface area contributed by atoms with Gasteiger partial charge in [-0.25, -0.2) is 0 Å². The highest BCUT2D eigenvalue weighted by atomic mass is 16.5. The number of carbonyl (C=O) groups is 1. The molecule has 4 nitrogen and oxygen atoms in total. The maximum absolute atomic E-state index is 11.4. The molecule has 4 heteroatoms. The lowest BCUT2D eigenvalue weighted by atomic mass is 10.1. The minimum absolute atomic E-state index is 0.223. The monoisotopic (exact) mass is 262 g/mol. The molecule has 19 heavy (non-hydrogen) atoms. The van der Waals surface area contributed by atoms with Gasteiger partial charge in [-0.3, -0.25) is 4.79 Å². The van der Waals surface area contributed by atoms with Crippen LogP contribution in [0.1, 0.15) is 25.3 Å². The minimum Gasteiger partial charge on any atom is -0.468 e. The topological polar surface area (TPSA) is 41.6 Å². The van der Waals surface area contributed by atoms with Crippen LogP contribution in [0.15, 0.2) is 24.3 Å². The number of nitrogens with one attached hydrogen (secondary N) is 1. The van der Waals surface area contributed by atoms with Crippen molar-refractivity contribution >= 4 is 11.7 Å². The van der Waals surface area contributed by atoms with Crippen molar-refractivity contribution in [1.82, 2.24) is 5.32 Å². The summed E-state index contributed by atoms with van der Waals surface area (Å²) in [6.45, 7) is 4.76. The molecule has 1 fully saturated rings. The first-order valence-corrected chi connectivity index (χ1v) is 6.86. The number of para-hydroxylation sites is 1. The van der Waals surface area contributed by atoms with E-state index in [0.717, 1.165) is 13.1 Å². The van der Waals surface area contributed by atoms with Crippen LogP contribution in [0, 0.1) is 0 Å². The van der Waals surface area contributed by atoms with Crippen LogP contribution < -0.4 is 10.2 Å². The summed E-state index contributed by atoms with van der Waals surface area (Å²) >= 11 is 0. The summed E-state index contributed by atoms with van der Waals surface area (Å²) in [6, 6.07) is 8.10. The van der Waals surface area contributed by atoms with Crippen molar-refractivity contribution in [2.45, 2.75) is 32.4 Å². The predicted molar refractivity (Wildman–Crippen MR) is 76.2 cm³/mol. The van der Waals surface area contributed by atoms with Crippen molar-refractivity contribution in [3.05, 3.63) is 29.8 Å². The van der Waals surface area contributed by atoms with Crippen LogP contribution in [-0.4, -0.2) is 32.2 Å². The lowest BCUT2D eigenvalue weighted by molar-refractivity contribution is -0.142. The van der Waals surface area contributed by atoms with Gasteiger partial charge in [0.1, 0.15) is 6.04 Å². The molecule has 1 atom stereocenters. The Morgan fingerprint density at radius 2 is 2.05 bits per heavy atom. The molecule has 0 aromatic heterocycles. The first-order valence-electron chi connectivity index (χ1n) is 6.86. The summed E-state index contributed by atoms with van der Waals surface area (Å²) in [5.74, 6) is -0.223. The molecule has 0 bridgehead atoms. The van der Waals surface area contributed by atoms with Gasteiger partial charge in [0.15, 0.2) is 0 Å². The Balaban J connectivity index is 2.01. The third-order valence-corrected chi connectivity index (χ3v) is 3.59. The highest BCUT2D eigenvalue weighted by Crippen LogP contribution is 2.24. The van der Waals surface area contributed by atoms with Gasteiger partial charge in [-0.2, -0.15) is 0 Å². The quantitative estimate of drug-likeness (QED) is 0.823. The van der Waals surface area contributed by atoms with E-state index in [-0.39, 0.29) is 12.0 Å². The summed E-state index contributed by atoms with van der Waals surface area (Å²) in [6.07, 6.45) is 2.53. The van der Waals surface area contributed by atoms with E-state index in [1.54, 1.807) is 0 Å². The number of esters is 1. The van der Waals surface area contributed by atoms with E-state index in [1.165, 1.54) is 31.2 Å². The molecule has 0 saturated carbocycles. The Kier molecular flexibility index (Phi) is 4.80. The molecule has 1 aromatic rings. The molecule has 104 valence electrons. The van der Waals surface area contributed by atoms with E-state index in [0.29, 0.717) is 6.54 Å². The number of ether oxygens (including phenoxy) is 1. The van der Waals surface area contributed by atoms with Gasteiger partial charge in [0.25, 0.3) is 0 Å². The van der Waals surface area contributed by atoms with Crippen LogP contribution >= 0.6 is 0 Å². The summed E-state index contributed by atoms with van der Waals surface area (Å²) < 4.78 is 4.72. The summed E-state index contributed by atoms with van der Waals surface area (Å²) in [5.41, 5.74) is 2.52. The van der Waals surface area contributed by atoms with Gasteiger partial charge < -0.3 is 15.0 Å². The highest BCUT2D eigenvalue weighted by molar-refractivity contribution is 5.75. The third-order valence-electron chi connectivity index (χ3n) is 3.59. The number of benzene rings is 1. The van der Waals surface area contributed by atoms with Crippen LogP contribution in [0.25, 0.3) is 0 Å². The van der Waals surface area contributed by atoms with Gasteiger partial charge in [0, 0.05) is 25.3 Å². The molecule has 1 aliphatic heterocycles. The van der Waals surface area contributed by atoms with Crippen LogP contribution in [0.4, 0.5) is 5.69 Å². The Morgan fingerprint density at radius 3 is 2.74 bits per heavy atom. The lowest BCUT2D eigenvalue weighted by Crippen LogP contribution is -2.34. The minimum atomic E-state index is -0.281. The second-order valence-corrected chi connectivity index (χ2v) is 4.95. The number of anilines is 1. The predicted octanol–water partition coefficient (Wildman–Crippen LogP) is 1.94. The first kappa shape index (κ1) is 13.9. The standard InChI is InChI=1S/C15H22N2O2/c1-12(15(18)19-2)16-11-13-7-3-4-8-14(13)17-9-5-6-10-17/h3-4,7-8,12,16H,5-6,9-11H2,1-2H3/t12-/m0/s1. The lowest BCUT2D eigenvalue weighted by Gasteiger charge is -2.22. The molecular formula is C15H22N2O2. The summed E-state index contributed by atoms with van der Waals surface area (Å²) in [5, 5.41) is 3.21. The average Bonchev–Trinajstić information content (AvgIpc) is 2.98.